The monoisotopic (exact) mass is 276 g/mol. The second-order valence-corrected chi connectivity index (χ2v) is 4.37. The number of rotatable bonds is 4. The van der Waals surface area contributed by atoms with Gasteiger partial charge in [-0.05, 0) is 29.8 Å². The first-order valence-electron chi connectivity index (χ1n) is 6.40. The highest BCUT2D eigenvalue weighted by molar-refractivity contribution is 5.39. The van der Waals surface area contributed by atoms with Crippen LogP contribution < -0.4 is 5.32 Å². The van der Waals surface area contributed by atoms with Crippen LogP contribution in [-0.4, -0.2) is 19.7 Å². The smallest absolute Gasteiger partial charge is 0.153 e. The molecule has 3 rings (SSSR count). The summed E-state index contributed by atoms with van der Waals surface area (Å²) in [7, 11) is 0. The van der Waals surface area contributed by atoms with E-state index in [1.807, 2.05) is 30.5 Å². The molecule has 21 heavy (non-hydrogen) atoms. The van der Waals surface area contributed by atoms with E-state index >= 15 is 0 Å². The quantitative estimate of drug-likeness (QED) is 0.789. The van der Waals surface area contributed by atoms with Gasteiger partial charge in [-0.2, -0.15) is 10.4 Å². The summed E-state index contributed by atoms with van der Waals surface area (Å²) in [5.74, 6) is 1.51. The van der Waals surface area contributed by atoms with E-state index in [1.54, 1.807) is 35.4 Å². The minimum atomic E-state index is 0.547. The second-order valence-electron chi connectivity index (χ2n) is 4.37. The fourth-order valence-corrected chi connectivity index (χ4v) is 1.82. The molecule has 1 N–H and O–H groups in total. The highest BCUT2D eigenvalue weighted by Gasteiger charge is 2.00. The number of anilines is 1. The second kappa shape index (κ2) is 5.84. The zero-order valence-electron chi connectivity index (χ0n) is 11.1. The minimum Gasteiger partial charge on any atom is -0.366 e. The molecule has 0 unspecified atom stereocenters. The van der Waals surface area contributed by atoms with Gasteiger partial charge in [-0.25, -0.2) is 14.6 Å². The molecule has 0 aliphatic rings. The summed E-state index contributed by atoms with van der Waals surface area (Å²) in [6, 6.07) is 11.3. The number of pyridine rings is 2. The van der Waals surface area contributed by atoms with Crippen molar-refractivity contribution in [3.63, 3.8) is 0 Å². The molecule has 0 amide bonds. The highest BCUT2D eigenvalue weighted by Crippen LogP contribution is 2.08. The predicted octanol–water partition coefficient (Wildman–Crippen LogP) is 2.15. The standard InChI is InChI=1S/C15H12N6/c16-8-12-2-4-14(17-9-12)18-10-13-3-5-15(19-11-13)21-7-1-6-20-21/h1-7,9,11H,10H2,(H,17,18). The molecule has 0 saturated heterocycles. The first-order chi connectivity index (χ1) is 10.3. The molecule has 0 aliphatic carbocycles. The van der Waals surface area contributed by atoms with Gasteiger partial charge in [0.1, 0.15) is 11.9 Å². The number of nitrogens with zero attached hydrogens (tertiary/aromatic N) is 5. The van der Waals surface area contributed by atoms with Crippen molar-refractivity contribution >= 4 is 5.82 Å². The molecule has 3 heterocycles. The largest absolute Gasteiger partial charge is 0.366 e. The van der Waals surface area contributed by atoms with Gasteiger partial charge in [-0.1, -0.05) is 6.07 Å². The molecular formula is C15H12N6. The van der Waals surface area contributed by atoms with Crippen LogP contribution in [0.4, 0.5) is 5.82 Å². The number of hydrogen-bond donors (Lipinski definition) is 1. The van der Waals surface area contributed by atoms with Crippen molar-refractivity contribution in [3.8, 4) is 11.9 Å². The summed E-state index contributed by atoms with van der Waals surface area (Å²) in [5.41, 5.74) is 1.59. The summed E-state index contributed by atoms with van der Waals surface area (Å²) < 4.78 is 1.71. The number of nitrogens with one attached hydrogen (secondary N) is 1. The predicted molar refractivity (Wildman–Crippen MR) is 77.6 cm³/mol. The van der Waals surface area contributed by atoms with Crippen molar-refractivity contribution in [1.29, 1.82) is 5.26 Å². The zero-order chi connectivity index (χ0) is 14.5. The molecule has 0 bridgehead atoms. The van der Waals surface area contributed by atoms with E-state index in [9.17, 15) is 0 Å². The van der Waals surface area contributed by atoms with Crippen molar-refractivity contribution in [2.45, 2.75) is 6.54 Å². The summed E-state index contributed by atoms with van der Waals surface area (Å²) >= 11 is 0. The van der Waals surface area contributed by atoms with Crippen molar-refractivity contribution in [3.05, 3.63) is 66.2 Å². The lowest BCUT2D eigenvalue weighted by atomic mass is 10.2. The first-order valence-corrected chi connectivity index (χ1v) is 6.40. The van der Waals surface area contributed by atoms with Crippen LogP contribution in [0.1, 0.15) is 11.1 Å². The Kier molecular flexibility index (Phi) is 3.56. The van der Waals surface area contributed by atoms with Gasteiger partial charge >= 0.3 is 0 Å². The van der Waals surface area contributed by atoms with Crippen molar-refractivity contribution in [1.82, 2.24) is 19.7 Å². The van der Waals surface area contributed by atoms with E-state index in [1.165, 1.54) is 0 Å². The maximum Gasteiger partial charge on any atom is 0.153 e. The van der Waals surface area contributed by atoms with Crippen molar-refractivity contribution < 1.29 is 0 Å². The van der Waals surface area contributed by atoms with Crippen LogP contribution in [0.5, 0.6) is 0 Å². The third-order valence-corrected chi connectivity index (χ3v) is 2.91. The topological polar surface area (TPSA) is 79.4 Å². The van der Waals surface area contributed by atoms with Gasteiger partial charge in [0.05, 0.1) is 5.56 Å². The van der Waals surface area contributed by atoms with Gasteiger partial charge in [-0.15, -0.1) is 0 Å². The highest BCUT2D eigenvalue weighted by atomic mass is 15.3. The van der Waals surface area contributed by atoms with E-state index in [0.29, 0.717) is 12.1 Å². The Balaban J connectivity index is 1.64. The van der Waals surface area contributed by atoms with E-state index in [2.05, 4.69) is 20.4 Å². The average Bonchev–Trinajstić information content (AvgIpc) is 3.08. The Morgan fingerprint density at radius 3 is 2.71 bits per heavy atom. The SMILES string of the molecule is N#Cc1ccc(NCc2ccc(-n3cccn3)nc2)nc1. The summed E-state index contributed by atoms with van der Waals surface area (Å²) in [6.45, 7) is 0.616. The molecule has 3 aromatic heterocycles. The fraction of sp³-hybridized carbons (Fsp3) is 0.0667. The molecule has 3 aromatic rings. The lowest BCUT2D eigenvalue weighted by molar-refractivity contribution is 0.843. The maximum absolute atomic E-state index is 8.71. The molecular weight excluding hydrogens is 264 g/mol. The van der Waals surface area contributed by atoms with Crippen molar-refractivity contribution in [2.24, 2.45) is 0 Å². The molecule has 0 spiro atoms. The van der Waals surface area contributed by atoms with Gasteiger partial charge in [-0.3, -0.25) is 0 Å². The van der Waals surface area contributed by atoms with Gasteiger partial charge in [0.2, 0.25) is 0 Å². The molecule has 102 valence electrons. The molecule has 0 fully saturated rings. The minimum absolute atomic E-state index is 0.547. The third kappa shape index (κ3) is 3.04. The Morgan fingerprint density at radius 1 is 1.14 bits per heavy atom. The van der Waals surface area contributed by atoms with E-state index < -0.39 is 0 Å². The van der Waals surface area contributed by atoms with E-state index in [-0.39, 0.29) is 0 Å². The van der Waals surface area contributed by atoms with Crippen LogP contribution in [0.25, 0.3) is 5.82 Å². The molecule has 0 saturated carbocycles. The number of nitriles is 1. The third-order valence-electron chi connectivity index (χ3n) is 2.91. The van der Waals surface area contributed by atoms with Gasteiger partial charge in [0.25, 0.3) is 0 Å². The Labute approximate surface area is 121 Å². The molecule has 6 heteroatoms. The van der Waals surface area contributed by atoms with Gasteiger partial charge < -0.3 is 5.32 Å². The van der Waals surface area contributed by atoms with Crippen LogP contribution >= 0.6 is 0 Å². The van der Waals surface area contributed by atoms with Crippen LogP contribution in [0.3, 0.4) is 0 Å². The fourth-order valence-electron chi connectivity index (χ4n) is 1.82. The Morgan fingerprint density at radius 2 is 2.10 bits per heavy atom. The summed E-state index contributed by atoms with van der Waals surface area (Å²) in [5, 5.41) is 16.0. The normalized spacial score (nSPS) is 10.0. The molecule has 0 atom stereocenters. The molecule has 0 aromatic carbocycles. The zero-order valence-corrected chi connectivity index (χ0v) is 11.1. The number of aromatic nitrogens is 4. The van der Waals surface area contributed by atoms with Crippen LogP contribution in [0.15, 0.2) is 55.1 Å². The van der Waals surface area contributed by atoms with Gasteiger partial charge in [0, 0.05) is 31.3 Å². The summed E-state index contributed by atoms with van der Waals surface area (Å²) in [4.78, 5) is 8.51. The van der Waals surface area contributed by atoms with Gasteiger partial charge in [0.15, 0.2) is 5.82 Å². The van der Waals surface area contributed by atoms with E-state index in [0.717, 1.165) is 17.2 Å². The Bertz CT molecular complexity index is 738. The first kappa shape index (κ1) is 12.8. The Hall–Kier alpha value is -3.20. The molecule has 0 aliphatic heterocycles. The van der Waals surface area contributed by atoms with Crippen LogP contribution in [0.2, 0.25) is 0 Å². The molecule has 0 radical (unpaired) electrons. The van der Waals surface area contributed by atoms with E-state index in [4.69, 9.17) is 5.26 Å². The summed E-state index contributed by atoms with van der Waals surface area (Å²) in [6.07, 6.45) is 6.91. The lowest BCUT2D eigenvalue weighted by Crippen LogP contribution is -2.03. The lowest BCUT2D eigenvalue weighted by Gasteiger charge is -2.06. The molecule has 6 nitrogen and oxygen atoms in total. The maximum atomic E-state index is 8.71. The average molecular weight is 276 g/mol. The van der Waals surface area contributed by atoms with Crippen LogP contribution in [-0.2, 0) is 6.54 Å². The van der Waals surface area contributed by atoms with Crippen molar-refractivity contribution in [2.75, 3.05) is 5.32 Å². The van der Waals surface area contributed by atoms with Crippen LogP contribution in [0, 0.1) is 11.3 Å². The number of hydrogen-bond acceptors (Lipinski definition) is 5.